The number of aryl methyl sites for hydroxylation is 1. The SMILES string of the molecule is CNS(=O)Cc1nc[nH]c1C. The van der Waals surface area contributed by atoms with Crippen LogP contribution >= 0.6 is 0 Å². The maximum absolute atomic E-state index is 11.0. The van der Waals surface area contributed by atoms with Crippen molar-refractivity contribution in [1.29, 1.82) is 0 Å². The topological polar surface area (TPSA) is 57.8 Å². The van der Waals surface area contributed by atoms with Gasteiger partial charge in [-0.3, -0.25) is 0 Å². The zero-order valence-electron chi connectivity index (χ0n) is 6.55. The van der Waals surface area contributed by atoms with Crippen molar-refractivity contribution >= 4 is 11.0 Å². The molecule has 1 heterocycles. The van der Waals surface area contributed by atoms with Gasteiger partial charge in [0.05, 0.1) is 28.8 Å². The summed E-state index contributed by atoms with van der Waals surface area (Å²) in [6.07, 6.45) is 1.61. The molecule has 1 aromatic rings. The molecule has 0 saturated heterocycles. The Kier molecular flexibility index (Phi) is 2.78. The summed E-state index contributed by atoms with van der Waals surface area (Å²) in [5.41, 5.74) is 1.84. The molecule has 0 aliphatic heterocycles. The molecule has 62 valence electrons. The molecule has 0 aromatic carbocycles. The van der Waals surface area contributed by atoms with Crippen molar-refractivity contribution in [2.45, 2.75) is 12.7 Å². The van der Waals surface area contributed by atoms with Crippen molar-refractivity contribution in [2.75, 3.05) is 7.05 Å². The fourth-order valence-corrected chi connectivity index (χ4v) is 1.41. The molecule has 5 heteroatoms. The van der Waals surface area contributed by atoms with Crippen molar-refractivity contribution in [3.05, 3.63) is 17.7 Å². The number of nitrogens with one attached hydrogen (secondary N) is 2. The summed E-state index contributed by atoms with van der Waals surface area (Å²) in [7, 11) is 0.666. The van der Waals surface area contributed by atoms with Gasteiger partial charge in [-0.2, -0.15) is 0 Å². The molecule has 2 N–H and O–H groups in total. The van der Waals surface area contributed by atoms with E-state index < -0.39 is 11.0 Å². The smallest absolute Gasteiger partial charge is 0.0974 e. The molecule has 11 heavy (non-hydrogen) atoms. The van der Waals surface area contributed by atoms with Crippen LogP contribution in [0.25, 0.3) is 0 Å². The predicted molar refractivity (Wildman–Crippen MR) is 44.2 cm³/mol. The lowest BCUT2D eigenvalue weighted by Crippen LogP contribution is -2.13. The largest absolute Gasteiger partial charge is 0.348 e. The number of rotatable bonds is 3. The van der Waals surface area contributed by atoms with Crippen LogP contribution in [-0.2, 0) is 16.7 Å². The molecule has 1 aromatic heterocycles. The van der Waals surface area contributed by atoms with E-state index >= 15 is 0 Å². The van der Waals surface area contributed by atoms with Crippen LogP contribution in [0.4, 0.5) is 0 Å². The Hall–Kier alpha value is -0.680. The fourth-order valence-electron chi connectivity index (χ4n) is 0.729. The number of imidazole rings is 1. The Morgan fingerprint density at radius 3 is 3.00 bits per heavy atom. The van der Waals surface area contributed by atoms with E-state index in [1.54, 1.807) is 13.4 Å². The van der Waals surface area contributed by atoms with Gasteiger partial charge < -0.3 is 4.98 Å². The van der Waals surface area contributed by atoms with E-state index in [4.69, 9.17) is 0 Å². The highest BCUT2D eigenvalue weighted by Gasteiger charge is 2.03. The Balaban J connectivity index is 2.64. The van der Waals surface area contributed by atoms with Gasteiger partial charge in [-0.25, -0.2) is 13.9 Å². The van der Waals surface area contributed by atoms with E-state index in [0.29, 0.717) is 5.75 Å². The molecule has 0 aliphatic rings. The Morgan fingerprint density at radius 2 is 2.55 bits per heavy atom. The maximum Gasteiger partial charge on any atom is 0.0974 e. The number of hydrogen-bond acceptors (Lipinski definition) is 2. The predicted octanol–water partition coefficient (Wildman–Crippen LogP) is 0.101. The summed E-state index contributed by atoms with van der Waals surface area (Å²) in [5, 5.41) is 0. The first-order chi connectivity index (χ1) is 5.24. The van der Waals surface area contributed by atoms with E-state index in [-0.39, 0.29) is 0 Å². The lowest BCUT2D eigenvalue weighted by Gasteiger charge is -1.96. The van der Waals surface area contributed by atoms with Crippen LogP contribution in [0.15, 0.2) is 6.33 Å². The zero-order chi connectivity index (χ0) is 8.27. The van der Waals surface area contributed by atoms with Crippen molar-refractivity contribution in [3.63, 3.8) is 0 Å². The highest BCUT2D eigenvalue weighted by Crippen LogP contribution is 2.02. The van der Waals surface area contributed by atoms with E-state index in [1.807, 2.05) is 6.92 Å². The third kappa shape index (κ3) is 2.13. The minimum absolute atomic E-state index is 0.464. The van der Waals surface area contributed by atoms with Crippen LogP contribution < -0.4 is 4.72 Å². The van der Waals surface area contributed by atoms with Crippen molar-refractivity contribution in [1.82, 2.24) is 14.7 Å². The average Bonchev–Trinajstić information content (AvgIpc) is 2.37. The molecule has 0 amide bonds. The van der Waals surface area contributed by atoms with E-state index in [2.05, 4.69) is 14.7 Å². The van der Waals surface area contributed by atoms with Crippen LogP contribution in [0.1, 0.15) is 11.4 Å². The summed E-state index contributed by atoms with van der Waals surface area (Å²) < 4.78 is 13.6. The second-order valence-electron chi connectivity index (χ2n) is 2.17. The Labute approximate surface area is 68.0 Å². The summed E-state index contributed by atoms with van der Waals surface area (Å²) in [6.45, 7) is 1.91. The highest BCUT2D eigenvalue weighted by atomic mass is 32.2. The van der Waals surface area contributed by atoms with Gasteiger partial charge in [0.1, 0.15) is 0 Å². The van der Waals surface area contributed by atoms with Crippen molar-refractivity contribution < 1.29 is 4.21 Å². The normalized spacial score (nSPS) is 13.3. The number of hydrogen-bond donors (Lipinski definition) is 2. The molecule has 0 fully saturated rings. The molecule has 4 nitrogen and oxygen atoms in total. The number of aromatic amines is 1. The van der Waals surface area contributed by atoms with Crippen LogP contribution in [0.2, 0.25) is 0 Å². The molecule has 1 rings (SSSR count). The fraction of sp³-hybridized carbons (Fsp3) is 0.500. The number of nitrogens with zero attached hydrogens (tertiary/aromatic N) is 1. The molecule has 1 unspecified atom stereocenters. The van der Waals surface area contributed by atoms with Crippen LogP contribution in [0, 0.1) is 6.92 Å². The average molecular weight is 173 g/mol. The Bertz CT molecular complexity index is 258. The lowest BCUT2D eigenvalue weighted by atomic mass is 10.4. The van der Waals surface area contributed by atoms with E-state index in [1.165, 1.54) is 0 Å². The van der Waals surface area contributed by atoms with E-state index in [9.17, 15) is 4.21 Å². The molecule has 1 atom stereocenters. The molecule has 0 saturated carbocycles. The Morgan fingerprint density at radius 1 is 1.82 bits per heavy atom. The van der Waals surface area contributed by atoms with E-state index in [0.717, 1.165) is 11.4 Å². The first kappa shape index (κ1) is 8.42. The second-order valence-corrected chi connectivity index (χ2v) is 3.56. The third-order valence-electron chi connectivity index (χ3n) is 1.43. The molecule has 0 radical (unpaired) electrons. The van der Waals surface area contributed by atoms with Gasteiger partial charge >= 0.3 is 0 Å². The first-order valence-corrected chi connectivity index (χ1v) is 4.60. The molecular weight excluding hydrogens is 162 g/mol. The maximum atomic E-state index is 11.0. The standard InChI is InChI=1S/C6H11N3OS/c1-5-6(9-4-8-5)3-11(10)7-2/h4,7H,3H2,1-2H3,(H,8,9). The van der Waals surface area contributed by atoms with Gasteiger partial charge in [-0.1, -0.05) is 0 Å². The van der Waals surface area contributed by atoms with Gasteiger partial charge in [0, 0.05) is 5.69 Å². The molecule has 0 aliphatic carbocycles. The summed E-state index contributed by atoms with van der Waals surface area (Å²) in [6, 6.07) is 0. The number of aromatic nitrogens is 2. The monoisotopic (exact) mass is 173 g/mol. The van der Waals surface area contributed by atoms with Crippen molar-refractivity contribution in [2.24, 2.45) is 0 Å². The lowest BCUT2D eigenvalue weighted by molar-refractivity contribution is 0.677. The summed E-state index contributed by atoms with van der Waals surface area (Å²) >= 11 is 0. The van der Waals surface area contributed by atoms with Gasteiger partial charge in [-0.05, 0) is 14.0 Å². The van der Waals surface area contributed by atoms with Gasteiger partial charge in [0.2, 0.25) is 0 Å². The van der Waals surface area contributed by atoms with Gasteiger partial charge in [0.15, 0.2) is 0 Å². The molecule has 0 spiro atoms. The van der Waals surface area contributed by atoms with Gasteiger partial charge in [0.25, 0.3) is 0 Å². The zero-order valence-corrected chi connectivity index (χ0v) is 7.36. The summed E-state index contributed by atoms with van der Waals surface area (Å²) in [5.74, 6) is 0.464. The second kappa shape index (κ2) is 3.64. The van der Waals surface area contributed by atoms with Crippen LogP contribution in [0.5, 0.6) is 0 Å². The summed E-state index contributed by atoms with van der Waals surface area (Å²) in [4.78, 5) is 6.94. The first-order valence-electron chi connectivity index (χ1n) is 3.28. The number of H-pyrrole nitrogens is 1. The third-order valence-corrected chi connectivity index (χ3v) is 2.42. The van der Waals surface area contributed by atoms with Crippen LogP contribution in [0.3, 0.4) is 0 Å². The van der Waals surface area contributed by atoms with Crippen molar-refractivity contribution in [3.8, 4) is 0 Å². The van der Waals surface area contributed by atoms with Gasteiger partial charge in [-0.15, -0.1) is 0 Å². The van der Waals surface area contributed by atoms with Crippen LogP contribution in [-0.4, -0.2) is 21.2 Å². The highest BCUT2D eigenvalue weighted by molar-refractivity contribution is 7.82. The quantitative estimate of drug-likeness (QED) is 0.681. The molecular formula is C6H11N3OS. The minimum Gasteiger partial charge on any atom is -0.348 e. The minimum atomic E-state index is -0.999. The molecule has 0 bridgehead atoms.